The van der Waals surface area contributed by atoms with Crippen molar-refractivity contribution in [1.82, 2.24) is 4.72 Å². The number of benzene rings is 2. The molecule has 0 aromatic heterocycles. The predicted octanol–water partition coefficient (Wildman–Crippen LogP) is 3.35. The van der Waals surface area contributed by atoms with Crippen molar-refractivity contribution in [3.8, 4) is 0 Å². The van der Waals surface area contributed by atoms with Gasteiger partial charge in [0.2, 0.25) is 10.0 Å². The summed E-state index contributed by atoms with van der Waals surface area (Å²) in [5, 5.41) is 0. The average Bonchev–Trinajstić information content (AvgIpc) is 2.38. The standard InChI is InChI=1S/C16H18FNO2S/c1-12-5-4-6-15(11-12)21(19,20)18-16(2,3)13-7-9-14(17)10-8-13/h4-11,18H,1-3H3. The fourth-order valence-corrected chi connectivity index (χ4v) is 3.61. The third kappa shape index (κ3) is 3.68. The molecule has 3 nitrogen and oxygen atoms in total. The summed E-state index contributed by atoms with van der Waals surface area (Å²) in [5.41, 5.74) is 0.730. The lowest BCUT2D eigenvalue weighted by Crippen LogP contribution is -2.40. The Labute approximate surface area is 124 Å². The van der Waals surface area contributed by atoms with Crippen molar-refractivity contribution in [2.24, 2.45) is 0 Å². The van der Waals surface area contributed by atoms with E-state index in [1.807, 2.05) is 13.0 Å². The van der Waals surface area contributed by atoms with Crippen molar-refractivity contribution in [2.75, 3.05) is 0 Å². The summed E-state index contributed by atoms with van der Waals surface area (Å²) >= 11 is 0. The minimum absolute atomic E-state index is 0.220. The van der Waals surface area contributed by atoms with Gasteiger partial charge in [-0.3, -0.25) is 0 Å². The highest BCUT2D eigenvalue weighted by Crippen LogP contribution is 2.23. The Balaban J connectivity index is 2.32. The molecule has 21 heavy (non-hydrogen) atoms. The van der Waals surface area contributed by atoms with Crippen LogP contribution in [0.2, 0.25) is 0 Å². The largest absolute Gasteiger partial charge is 0.241 e. The Hall–Kier alpha value is -1.72. The molecule has 0 aliphatic rings. The Bertz CT molecular complexity index is 737. The highest BCUT2D eigenvalue weighted by atomic mass is 32.2. The van der Waals surface area contributed by atoms with E-state index in [4.69, 9.17) is 0 Å². The smallest absolute Gasteiger partial charge is 0.207 e. The van der Waals surface area contributed by atoms with Crippen molar-refractivity contribution in [1.29, 1.82) is 0 Å². The van der Waals surface area contributed by atoms with Gasteiger partial charge in [-0.1, -0.05) is 24.3 Å². The highest BCUT2D eigenvalue weighted by molar-refractivity contribution is 7.89. The molecule has 2 aromatic rings. The molecule has 0 saturated carbocycles. The fraction of sp³-hybridized carbons (Fsp3) is 0.250. The van der Waals surface area contributed by atoms with Crippen LogP contribution >= 0.6 is 0 Å². The van der Waals surface area contributed by atoms with Crippen LogP contribution in [0.4, 0.5) is 4.39 Å². The minimum Gasteiger partial charge on any atom is -0.207 e. The molecule has 112 valence electrons. The molecule has 0 amide bonds. The lowest BCUT2D eigenvalue weighted by atomic mass is 9.96. The van der Waals surface area contributed by atoms with E-state index >= 15 is 0 Å². The van der Waals surface area contributed by atoms with Gasteiger partial charge in [0.15, 0.2) is 0 Å². The van der Waals surface area contributed by atoms with E-state index in [9.17, 15) is 12.8 Å². The topological polar surface area (TPSA) is 46.2 Å². The number of rotatable bonds is 4. The summed E-state index contributed by atoms with van der Waals surface area (Å²) < 4.78 is 40.6. The molecule has 0 spiro atoms. The van der Waals surface area contributed by atoms with Gasteiger partial charge in [-0.05, 0) is 56.2 Å². The molecule has 2 aromatic carbocycles. The van der Waals surface area contributed by atoms with Gasteiger partial charge in [0, 0.05) is 0 Å². The van der Waals surface area contributed by atoms with Crippen molar-refractivity contribution in [2.45, 2.75) is 31.2 Å². The van der Waals surface area contributed by atoms with E-state index < -0.39 is 15.6 Å². The quantitative estimate of drug-likeness (QED) is 0.941. The van der Waals surface area contributed by atoms with E-state index in [1.54, 1.807) is 44.2 Å². The Morgan fingerprint density at radius 3 is 2.24 bits per heavy atom. The van der Waals surface area contributed by atoms with Crippen LogP contribution in [0.25, 0.3) is 0 Å². The molecule has 0 aliphatic carbocycles. The maximum absolute atomic E-state index is 13.0. The van der Waals surface area contributed by atoms with E-state index in [0.29, 0.717) is 5.56 Å². The molecule has 5 heteroatoms. The van der Waals surface area contributed by atoms with Gasteiger partial charge in [-0.25, -0.2) is 17.5 Å². The van der Waals surface area contributed by atoms with Crippen LogP contribution in [0.3, 0.4) is 0 Å². The molecule has 0 radical (unpaired) electrons. The molecule has 0 saturated heterocycles. The zero-order valence-electron chi connectivity index (χ0n) is 12.2. The normalized spacial score (nSPS) is 12.4. The molecule has 0 bridgehead atoms. The zero-order valence-corrected chi connectivity index (χ0v) is 13.0. The van der Waals surface area contributed by atoms with Crippen LogP contribution in [0.15, 0.2) is 53.4 Å². The second-order valence-electron chi connectivity index (χ2n) is 5.55. The molecule has 1 N–H and O–H groups in total. The third-order valence-corrected chi connectivity index (χ3v) is 4.91. The number of hydrogen-bond donors (Lipinski definition) is 1. The summed E-state index contributed by atoms with van der Waals surface area (Å²) in [7, 11) is -3.64. The molecular weight excluding hydrogens is 289 g/mol. The average molecular weight is 307 g/mol. The molecule has 0 fully saturated rings. The molecular formula is C16H18FNO2S. The number of hydrogen-bond acceptors (Lipinski definition) is 2. The summed E-state index contributed by atoms with van der Waals surface area (Å²) in [6, 6.07) is 12.5. The second-order valence-corrected chi connectivity index (χ2v) is 7.24. The number of nitrogens with one attached hydrogen (secondary N) is 1. The van der Waals surface area contributed by atoms with Crippen molar-refractivity contribution >= 4 is 10.0 Å². The number of halogens is 1. The monoisotopic (exact) mass is 307 g/mol. The maximum atomic E-state index is 13.0. The Kier molecular flexibility index (Phi) is 4.16. The van der Waals surface area contributed by atoms with Crippen LogP contribution in [0.5, 0.6) is 0 Å². The van der Waals surface area contributed by atoms with Crippen LogP contribution in [0.1, 0.15) is 25.0 Å². The zero-order chi connectivity index (χ0) is 15.7. The van der Waals surface area contributed by atoms with Gasteiger partial charge in [-0.2, -0.15) is 0 Å². The summed E-state index contributed by atoms with van der Waals surface area (Å²) in [6.07, 6.45) is 0. The first-order valence-electron chi connectivity index (χ1n) is 6.57. The first kappa shape index (κ1) is 15.7. The van der Waals surface area contributed by atoms with Crippen molar-refractivity contribution in [3.63, 3.8) is 0 Å². The van der Waals surface area contributed by atoms with Gasteiger partial charge < -0.3 is 0 Å². The number of aryl methyl sites for hydroxylation is 1. The first-order chi connectivity index (χ1) is 9.71. The summed E-state index contributed by atoms with van der Waals surface area (Å²) in [6.45, 7) is 5.32. The Morgan fingerprint density at radius 2 is 1.67 bits per heavy atom. The van der Waals surface area contributed by atoms with Crippen LogP contribution in [-0.2, 0) is 15.6 Å². The Morgan fingerprint density at radius 1 is 1.05 bits per heavy atom. The lowest BCUT2D eigenvalue weighted by Gasteiger charge is -2.26. The van der Waals surface area contributed by atoms with Crippen molar-refractivity contribution in [3.05, 3.63) is 65.5 Å². The minimum atomic E-state index is -3.64. The third-order valence-electron chi connectivity index (χ3n) is 3.26. The summed E-state index contributed by atoms with van der Waals surface area (Å²) in [4.78, 5) is 0.220. The second kappa shape index (κ2) is 5.58. The van der Waals surface area contributed by atoms with E-state index in [0.717, 1.165) is 5.56 Å². The van der Waals surface area contributed by atoms with E-state index in [1.165, 1.54) is 12.1 Å². The summed E-state index contributed by atoms with van der Waals surface area (Å²) in [5.74, 6) is -0.351. The first-order valence-corrected chi connectivity index (χ1v) is 8.06. The van der Waals surface area contributed by atoms with E-state index in [-0.39, 0.29) is 10.7 Å². The van der Waals surface area contributed by atoms with E-state index in [2.05, 4.69) is 4.72 Å². The molecule has 0 unspecified atom stereocenters. The van der Waals surface area contributed by atoms with Crippen molar-refractivity contribution < 1.29 is 12.8 Å². The van der Waals surface area contributed by atoms with Crippen LogP contribution < -0.4 is 4.72 Å². The highest BCUT2D eigenvalue weighted by Gasteiger charge is 2.27. The molecule has 0 heterocycles. The van der Waals surface area contributed by atoms with Gasteiger partial charge in [0.1, 0.15) is 5.82 Å². The molecule has 2 rings (SSSR count). The lowest BCUT2D eigenvalue weighted by molar-refractivity contribution is 0.471. The van der Waals surface area contributed by atoms with Gasteiger partial charge in [-0.15, -0.1) is 0 Å². The maximum Gasteiger partial charge on any atom is 0.241 e. The van der Waals surface area contributed by atoms with Gasteiger partial charge in [0.25, 0.3) is 0 Å². The fourth-order valence-electron chi connectivity index (χ4n) is 2.10. The van der Waals surface area contributed by atoms with Crippen LogP contribution in [-0.4, -0.2) is 8.42 Å². The van der Waals surface area contributed by atoms with Gasteiger partial charge >= 0.3 is 0 Å². The van der Waals surface area contributed by atoms with Gasteiger partial charge in [0.05, 0.1) is 10.4 Å². The predicted molar refractivity (Wildman–Crippen MR) is 80.9 cm³/mol. The SMILES string of the molecule is Cc1cccc(S(=O)(=O)NC(C)(C)c2ccc(F)cc2)c1. The number of sulfonamides is 1. The van der Waals surface area contributed by atoms with Crippen LogP contribution in [0, 0.1) is 12.7 Å². The molecule has 0 aliphatic heterocycles. The molecule has 0 atom stereocenters.